The number of nitrogens with one attached hydrogen (secondary N) is 1. The van der Waals surface area contributed by atoms with Crippen molar-refractivity contribution in [3.63, 3.8) is 0 Å². The van der Waals surface area contributed by atoms with E-state index < -0.39 is 27.0 Å². The minimum Gasteiger partial charge on any atom is -0.478 e. The molecule has 0 heterocycles. The summed E-state index contributed by atoms with van der Waals surface area (Å²) in [5, 5.41) is 10.3. The van der Waals surface area contributed by atoms with Gasteiger partial charge in [0, 0.05) is 6.54 Å². The summed E-state index contributed by atoms with van der Waals surface area (Å²) < 4.78 is 24.8. The maximum atomic E-state index is 12.4. The van der Waals surface area contributed by atoms with Gasteiger partial charge in [0.05, 0.1) is 10.5 Å². The number of carbonyl (C=O) groups is 2. The number of hydrogen-bond acceptors (Lipinski definition) is 4. The van der Waals surface area contributed by atoms with Crippen molar-refractivity contribution in [1.82, 2.24) is 5.32 Å². The Morgan fingerprint density at radius 1 is 1.19 bits per heavy atom. The van der Waals surface area contributed by atoms with E-state index in [9.17, 15) is 18.0 Å². The fraction of sp³-hybridized carbons (Fsp3) is 0.429. The number of amides is 1. The fourth-order valence-electron chi connectivity index (χ4n) is 1.67. The van der Waals surface area contributed by atoms with Gasteiger partial charge < -0.3 is 10.4 Å². The second-order valence-corrected chi connectivity index (χ2v) is 7.36. The Hall–Kier alpha value is -1.89. The Morgan fingerprint density at radius 3 is 2.29 bits per heavy atom. The molecule has 0 fully saturated rings. The fourth-order valence-corrected chi connectivity index (χ4v) is 3.15. The topological polar surface area (TPSA) is 101 Å². The molecule has 0 saturated heterocycles. The Balaban J connectivity index is 3.11. The molecular formula is C14H19NO5S. The first-order valence-electron chi connectivity index (χ1n) is 6.51. The SMILES string of the molecule is CC(C)CNC(=O)C(C)S(=O)(=O)c1ccccc1C(=O)O. The van der Waals surface area contributed by atoms with Crippen LogP contribution in [0.1, 0.15) is 31.1 Å². The minimum absolute atomic E-state index is 0.190. The lowest BCUT2D eigenvalue weighted by atomic mass is 10.2. The number of sulfone groups is 1. The van der Waals surface area contributed by atoms with Crippen LogP contribution in [0.2, 0.25) is 0 Å². The summed E-state index contributed by atoms with van der Waals surface area (Å²) in [4.78, 5) is 22.7. The van der Waals surface area contributed by atoms with Crippen LogP contribution in [0.5, 0.6) is 0 Å². The van der Waals surface area contributed by atoms with Crippen LogP contribution < -0.4 is 5.32 Å². The molecule has 7 heteroatoms. The normalized spacial score (nSPS) is 13.0. The quantitative estimate of drug-likeness (QED) is 0.825. The van der Waals surface area contributed by atoms with Gasteiger partial charge >= 0.3 is 5.97 Å². The highest BCUT2D eigenvalue weighted by Gasteiger charge is 2.32. The summed E-state index contributed by atoms with van der Waals surface area (Å²) >= 11 is 0. The van der Waals surface area contributed by atoms with E-state index in [2.05, 4.69) is 5.32 Å². The number of aromatic carboxylic acids is 1. The van der Waals surface area contributed by atoms with Crippen molar-refractivity contribution >= 4 is 21.7 Å². The van der Waals surface area contributed by atoms with Gasteiger partial charge in [-0.05, 0) is 25.0 Å². The summed E-state index contributed by atoms with van der Waals surface area (Å²) in [6.45, 7) is 5.39. The van der Waals surface area contributed by atoms with Gasteiger partial charge in [0.1, 0.15) is 5.25 Å². The molecule has 1 unspecified atom stereocenters. The van der Waals surface area contributed by atoms with Crippen LogP contribution in [0, 0.1) is 5.92 Å². The number of carboxylic acids is 1. The van der Waals surface area contributed by atoms with Gasteiger partial charge in [-0.25, -0.2) is 13.2 Å². The van der Waals surface area contributed by atoms with E-state index in [1.54, 1.807) is 0 Å². The molecule has 0 aliphatic carbocycles. The molecule has 0 aliphatic rings. The largest absolute Gasteiger partial charge is 0.478 e. The third-order valence-electron chi connectivity index (χ3n) is 2.94. The van der Waals surface area contributed by atoms with Crippen LogP contribution in [0.4, 0.5) is 0 Å². The molecular weight excluding hydrogens is 294 g/mol. The van der Waals surface area contributed by atoms with Gasteiger partial charge in [-0.2, -0.15) is 0 Å². The lowest BCUT2D eigenvalue weighted by Gasteiger charge is -2.15. The zero-order valence-electron chi connectivity index (χ0n) is 12.2. The minimum atomic E-state index is -4.05. The molecule has 0 bridgehead atoms. The van der Waals surface area contributed by atoms with Crippen molar-refractivity contribution < 1.29 is 23.1 Å². The molecule has 1 rings (SSSR count). The van der Waals surface area contributed by atoms with Crippen molar-refractivity contribution in [1.29, 1.82) is 0 Å². The van der Waals surface area contributed by atoms with Crippen molar-refractivity contribution in [3.05, 3.63) is 29.8 Å². The van der Waals surface area contributed by atoms with E-state index in [1.807, 2.05) is 13.8 Å². The predicted octanol–water partition coefficient (Wildman–Crippen LogP) is 1.32. The molecule has 116 valence electrons. The highest BCUT2D eigenvalue weighted by molar-refractivity contribution is 7.92. The third kappa shape index (κ3) is 4.04. The van der Waals surface area contributed by atoms with Crippen LogP contribution in [0.3, 0.4) is 0 Å². The van der Waals surface area contributed by atoms with Gasteiger partial charge in [-0.3, -0.25) is 4.79 Å². The van der Waals surface area contributed by atoms with E-state index in [1.165, 1.54) is 31.2 Å². The number of carbonyl (C=O) groups excluding carboxylic acids is 1. The lowest BCUT2D eigenvalue weighted by Crippen LogP contribution is -2.39. The molecule has 0 saturated carbocycles. The molecule has 0 spiro atoms. The van der Waals surface area contributed by atoms with Crippen molar-refractivity contribution in [2.24, 2.45) is 5.92 Å². The molecule has 0 aliphatic heterocycles. The van der Waals surface area contributed by atoms with E-state index in [-0.39, 0.29) is 16.4 Å². The standard InChI is InChI=1S/C14H19NO5S/c1-9(2)8-15-13(16)10(3)21(19,20)12-7-5-4-6-11(12)14(17)18/h4-7,9-10H,8H2,1-3H3,(H,15,16)(H,17,18). The van der Waals surface area contributed by atoms with Gasteiger partial charge in [0.25, 0.3) is 0 Å². The first-order chi connectivity index (χ1) is 9.67. The van der Waals surface area contributed by atoms with Crippen molar-refractivity contribution in [3.8, 4) is 0 Å². The van der Waals surface area contributed by atoms with Crippen LogP contribution >= 0.6 is 0 Å². The summed E-state index contributed by atoms with van der Waals surface area (Å²) in [6.07, 6.45) is 0. The average Bonchev–Trinajstić information content (AvgIpc) is 2.43. The Kier molecular flexibility index (Phi) is 5.48. The summed E-state index contributed by atoms with van der Waals surface area (Å²) in [7, 11) is -4.05. The molecule has 21 heavy (non-hydrogen) atoms. The second-order valence-electron chi connectivity index (χ2n) is 5.13. The molecule has 0 aromatic heterocycles. The van der Waals surface area contributed by atoms with E-state index in [0.717, 1.165) is 0 Å². The number of benzene rings is 1. The highest BCUT2D eigenvalue weighted by atomic mass is 32.2. The molecule has 1 amide bonds. The first-order valence-corrected chi connectivity index (χ1v) is 8.06. The summed E-state index contributed by atoms with van der Waals surface area (Å²) in [6, 6.07) is 5.27. The average molecular weight is 313 g/mol. The first kappa shape index (κ1) is 17.2. The van der Waals surface area contributed by atoms with Gasteiger partial charge in [0.2, 0.25) is 5.91 Å². The van der Waals surface area contributed by atoms with Crippen LogP contribution in [-0.4, -0.2) is 37.2 Å². The maximum absolute atomic E-state index is 12.4. The predicted molar refractivity (Wildman–Crippen MR) is 77.9 cm³/mol. The highest BCUT2D eigenvalue weighted by Crippen LogP contribution is 2.21. The monoisotopic (exact) mass is 313 g/mol. The summed E-state index contributed by atoms with van der Waals surface area (Å²) in [5.41, 5.74) is -0.332. The molecule has 1 aromatic carbocycles. The lowest BCUT2D eigenvalue weighted by molar-refractivity contribution is -0.120. The van der Waals surface area contributed by atoms with Gasteiger partial charge in [0.15, 0.2) is 9.84 Å². The molecule has 6 nitrogen and oxygen atoms in total. The zero-order chi connectivity index (χ0) is 16.2. The Bertz CT molecular complexity index is 637. The smallest absolute Gasteiger partial charge is 0.337 e. The number of hydrogen-bond donors (Lipinski definition) is 2. The zero-order valence-corrected chi connectivity index (χ0v) is 13.0. The Labute approximate surface area is 124 Å². The number of rotatable bonds is 6. The van der Waals surface area contributed by atoms with Crippen molar-refractivity contribution in [2.75, 3.05) is 6.54 Å². The third-order valence-corrected chi connectivity index (χ3v) is 5.06. The molecule has 1 aromatic rings. The van der Waals surface area contributed by atoms with Gasteiger partial charge in [-0.15, -0.1) is 0 Å². The summed E-state index contributed by atoms with van der Waals surface area (Å²) in [5.74, 6) is -1.79. The van der Waals surface area contributed by atoms with Crippen LogP contribution in [0.25, 0.3) is 0 Å². The second kappa shape index (κ2) is 6.71. The van der Waals surface area contributed by atoms with E-state index >= 15 is 0 Å². The van der Waals surface area contributed by atoms with Gasteiger partial charge in [-0.1, -0.05) is 26.0 Å². The molecule has 2 N–H and O–H groups in total. The molecule has 1 atom stereocenters. The van der Waals surface area contributed by atoms with Crippen molar-refractivity contribution in [2.45, 2.75) is 30.9 Å². The van der Waals surface area contributed by atoms with E-state index in [0.29, 0.717) is 6.54 Å². The number of carboxylic acid groups (broad SMARTS) is 1. The Morgan fingerprint density at radius 2 is 1.76 bits per heavy atom. The van der Waals surface area contributed by atoms with E-state index in [4.69, 9.17) is 5.11 Å². The maximum Gasteiger partial charge on any atom is 0.337 e. The molecule has 0 radical (unpaired) electrons. The van der Waals surface area contributed by atoms with Crippen LogP contribution in [-0.2, 0) is 14.6 Å². The van der Waals surface area contributed by atoms with Crippen LogP contribution in [0.15, 0.2) is 29.2 Å².